The molecule has 0 spiro atoms. The van der Waals surface area contributed by atoms with Crippen LogP contribution in [0, 0.1) is 0 Å². The first-order valence-corrected chi connectivity index (χ1v) is 7.83. The lowest BCUT2D eigenvalue weighted by Gasteiger charge is -2.29. The Morgan fingerprint density at radius 2 is 1.90 bits per heavy atom. The van der Waals surface area contributed by atoms with Gasteiger partial charge in [-0.1, -0.05) is 30.3 Å². The second-order valence-corrected chi connectivity index (χ2v) is 5.68. The molecule has 2 N–H and O–H groups in total. The van der Waals surface area contributed by atoms with Crippen molar-refractivity contribution >= 4 is 5.91 Å². The predicted octanol–water partition coefficient (Wildman–Crippen LogP) is 2.06. The van der Waals surface area contributed by atoms with Crippen LogP contribution in [0.25, 0.3) is 0 Å². The summed E-state index contributed by atoms with van der Waals surface area (Å²) in [5.41, 5.74) is 1.45. The number of rotatable bonds is 7. The number of methoxy groups -OCH3 is 1. The summed E-state index contributed by atoms with van der Waals surface area (Å²) in [7, 11) is 1.63. The molecule has 0 aliphatic heterocycles. The van der Waals surface area contributed by atoms with E-state index in [1.165, 1.54) is 18.4 Å². The lowest BCUT2D eigenvalue weighted by molar-refractivity contribution is -0.120. The standard InChI is InChI=1S/C17H26N2O2/c1-21-12-11-18-17(20)13-19-16-9-7-15(8-10-16)14-5-3-2-4-6-14/h2-6,15-16,19H,7-13H2,1H3,(H,18,20). The van der Waals surface area contributed by atoms with E-state index >= 15 is 0 Å². The van der Waals surface area contributed by atoms with Crippen molar-refractivity contribution in [1.82, 2.24) is 10.6 Å². The van der Waals surface area contributed by atoms with E-state index in [2.05, 4.69) is 41.0 Å². The summed E-state index contributed by atoms with van der Waals surface area (Å²) in [5.74, 6) is 0.733. The van der Waals surface area contributed by atoms with E-state index in [0.29, 0.717) is 31.7 Å². The molecule has 2 rings (SSSR count). The lowest BCUT2D eigenvalue weighted by atomic mass is 9.82. The number of carbonyl (C=O) groups is 1. The van der Waals surface area contributed by atoms with Crippen LogP contribution in [0.3, 0.4) is 0 Å². The van der Waals surface area contributed by atoms with Crippen LogP contribution in [0.1, 0.15) is 37.2 Å². The van der Waals surface area contributed by atoms with Crippen LogP contribution in [0.4, 0.5) is 0 Å². The quantitative estimate of drug-likeness (QED) is 0.756. The van der Waals surface area contributed by atoms with E-state index in [4.69, 9.17) is 4.74 Å². The van der Waals surface area contributed by atoms with Gasteiger partial charge >= 0.3 is 0 Å². The van der Waals surface area contributed by atoms with Crippen LogP contribution in [0.5, 0.6) is 0 Å². The fraction of sp³-hybridized carbons (Fsp3) is 0.588. The third-order valence-corrected chi connectivity index (χ3v) is 4.18. The number of carbonyl (C=O) groups excluding carboxylic acids is 1. The highest BCUT2D eigenvalue weighted by Crippen LogP contribution is 2.32. The molecular formula is C17H26N2O2. The third-order valence-electron chi connectivity index (χ3n) is 4.18. The minimum atomic E-state index is 0.0530. The molecule has 1 amide bonds. The third kappa shape index (κ3) is 5.48. The fourth-order valence-electron chi connectivity index (χ4n) is 2.95. The first kappa shape index (κ1) is 16.0. The summed E-state index contributed by atoms with van der Waals surface area (Å²) < 4.78 is 4.91. The molecular weight excluding hydrogens is 264 g/mol. The first-order chi connectivity index (χ1) is 10.3. The summed E-state index contributed by atoms with van der Waals surface area (Å²) in [6.07, 6.45) is 4.69. The van der Waals surface area contributed by atoms with Crippen molar-refractivity contribution in [2.75, 3.05) is 26.8 Å². The van der Waals surface area contributed by atoms with Gasteiger partial charge in [0.15, 0.2) is 0 Å². The van der Waals surface area contributed by atoms with Gasteiger partial charge in [0.25, 0.3) is 0 Å². The van der Waals surface area contributed by atoms with Crippen LogP contribution in [0.2, 0.25) is 0 Å². The molecule has 0 atom stereocenters. The molecule has 1 aliphatic carbocycles. The Kier molecular flexibility index (Phi) is 6.70. The number of benzene rings is 1. The number of nitrogens with one attached hydrogen (secondary N) is 2. The smallest absolute Gasteiger partial charge is 0.234 e. The Balaban J connectivity index is 1.64. The molecule has 0 bridgehead atoms. The summed E-state index contributed by atoms with van der Waals surface area (Å²) in [6, 6.07) is 11.2. The van der Waals surface area contributed by atoms with Crippen molar-refractivity contribution < 1.29 is 9.53 Å². The highest BCUT2D eigenvalue weighted by Gasteiger charge is 2.22. The number of hydrogen-bond acceptors (Lipinski definition) is 3. The van der Waals surface area contributed by atoms with E-state index in [1.807, 2.05) is 0 Å². The molecule has 4 heteroatoms. The molecule has 1 saturated carbocycles. The summed E-state index contributed by atoms with van der Waals surface area (Å²) in [6.45, 7) is 1.55. The van der Waals surface area contributed by atoms with Gasteiger partial charge in [-0.25, -0.2) is 0 Å². The second-order valence-electron chi connectivity index (χ2n) is 5.68. The van der Waals surface area contributed by atoms with Crippen molar-refractivity contribution in [3.63, 3.8) is 0 Å². The van der Waals surface area contributed by atoms with Gasteiger partial charge < -0.3 is 15.4 Å². The van der Waals surface area contributed by atoms with Gasteiger partial charge in [0.1, 0.15) is 0 Å². The molecule has 1 aromatic rings. The van der Waals surface area contributed by atoms with Crippen molar-refractivity contribution in [2.45, 2.75) is 37.6 Å². The number of hydrogen-bond donors (Lipinski definition) is 2. The first-order valence-electron chi connectivity index (χ1n) is 7.83. The van der Waals surface area contributed by atoms with Crippen molar-refractivity contribution in [3.05, 3.63) is 35.9 Å². The second kappa shape index (κ2) is 8.80. The van der Waals surface area contributed by atoms with E-state index < -0.39 is 0 Å². The Hall–Kier alpha value is -1.39. The maximum Gasteiger partial charge on any atom is 0.234 e. The number of ether oxygens (including phenoxy) is 1. The maximum absolute atomic E-state index is 11.6. The molecule has 0 radical (unpaired) electrons. The molecule has 1 aromatic carbocycles. The van der Waals surface area contributed by atoms with Crippen molar-refractivity contribution in [2.24, 2.45) is 0 Å². The molecule has 0 aromatic heterocycles. The minimum Gasteiger partial charge on any atom is -0.383 e. The largest absolute Gasteiger partial charge is 0.383 e. The van der Waals surface area contributed by atoms with Crippen molar-refractivity contribution in [1.29, 1.82) is 0 Å². The lowest BCUT2D eigenvalue weighted by Crippen LogP contribution is -2.41. The van der Waals surface area contributed by atoms with Gasteiger partial charge in [-0.3, -0.25) is 4.79 Å². The predicted molar refractivity (Wildman–Crippen MR) is 84.3 cm³/mol. The monoisotopic (exact) mass is 290 g/mol. The van der Waals surface area contributed by atoms with E-state index in [1.54, 1.807) is 7.11 Å². The van der Waals surface area contributed by atoms with Gasteiger partial charge in [-0.2, -0.15) is 0 Å². The maximum atomic E-state index is 11.6. The van der Waals surface area contributed by atoms with E-state index in [0.717, 1.165) is 12.8 Å². The normalized spacial score (nSPS) is 22.0. The molecule has 21 heavy (non-hydrogen) atoms. The zero-order chi connectivity index (χ0) is 14.9. The molecule has 116 valence electrons. The van der Waals surface area contributed by atoms with Gasteiger partial charge in [-0.15, -0.1) is 0 Å². The Morgan fingerprint density at radius 1 is 1.19 bits per heavy atom. The van der Waals surface area contributed by atoms with Gasteiger partial charge in [0.05, 0.1) is 13.2 Å². The summed E-state index contributed by atoms with van der Waals surface area (Å²) in [4.78, 5) is 11.6. The Labute approximate surface area is 127 Å². The highest BCUT2D eigenvalue weighted by molar-refractivity contribution is 5.77. The van der Waals surface area contributed by atoms with Gasteiger partial charge in [-0.05, 0) is 37.2 Å². The molecule has 0 unspecified atom stereocenters. The summed E-state index contributed by atoms with van der Waals surface area (Å²) >= 11 is 0. The van der Waals surface area contributed by atoms with Crippen LogP contribution in [0.15, 0.2) is 30.3 Å². The SMILES string of the molecule is COCCNC(=O)CNC1CCC(c2ccccc2)CC1. The summed E-state index contributed by atoms with van der Waals surface area (Å²) in [5, 5.41) is 6.20. The number of amides is 1. The Morgan fingerprint density at radius 3 is 2.57 bits per heavy atom. The molecule has 4 nitrogen and oxygen atoms in total. The zero-order valence-electron chi connectivity index (χ0n) is 12.8. The van der Waals surface area contributed by atoms with Gasteiger partial charge in [0, 0.05) is 19.7 Å². The van der Waals surface area contributed by atoms with Crippen LogP contribution in [-0.4, -0.2) is 38.8 Å². The molecule has 1 fully saturated rings. The van der Waals surface area contributed by atoms with Crippen LogP contribution >= 0.6 is 0 Å². The average molecular weight is 290 g/mol. The highest BCUT2D eigenvalue weighted by atomic mass is 16.5. The minimum absolute atomic E-state index is 0.0530. The molecule has 0 heterocycles. The average Bonchev–Trinajstić information content (AvgIpc) is 2.54. The topological polar surface area (TPSA) is 50.4 Å². The van der Waals surface area contributed by atoms with E-state index in [-0.39, 0.29) is 5.91 Å². The molecule has 1 aliphatic rings. The van der Waals surface area contributed by atoms with Crippen LogP contribution in [-0.2, 0) is 9.53 Å². The van der Waals surface area contributed by atoms with E-state index in [9.17, 15) is 4.79 Å². The fourth-order valence-corrected chi connectivity index (χ4v) is 2.95. The van der Waals surface area contributed by atoms with Crippen molar-refractivity contribution in [3.8, 4) is 0 Å². The molecule has 0 saturated heterocycles. The zero-order valence-corrected chi connectivity index (χ0v) is 12.8. The Bertz CT molecular complexity index is 414. The van der Waals surface area contributed by atoms with Gasteiger partial charge in [0.2, 0.25) is 5.91 Å². The van der Waals surface area contributed by atoms with Crippen LogP contribution < -0.4 is 10.6 Å².